The molecule has 2 rings (SSSR count). The van der Waals surface area contributed by atoms with E-state index in [4.69, 9.17) is 29.4 Å². The van der Waals surface area contributed by atoms with Crippen LogP contribution in [-0.2, 0) is 54.1 Å². The maximum atomic E-state index is 10.7. The molecule has 0 radical (unpaired) electrons. The van der Waals surface area contributed by atoms with Crippen LogP contribution in [0, 0.1) is 5.41 Å². The summed E-state index contributed by atoms with van der Waals surface area (Å²) in [6.07, 6.45) is 2.42. The van der Waals surface area contributed by atoms with Gasteiger partial charge in [0.25, 0.3) is 0 Å². The van der Waals surface area contributed by atoms with Crippen molar-refractivity contribution in [2.75, 3.05) is 27.4 Å². The Morgan fingerprint density at radius 3 is 1.52 bits per heavy atom. The van der Waals surface area contributed by atoms with Crippen LogP contribution in [0.5, 0.6) is 0 Å². The molecule has 1 heterocycles. The zero-order chi connectivity index (χ0) is 32.8. The molecule has 0 fully saturated rings. The second-order valence-corrected chi connectivity index (χ2v) is 11.6. The minimum atomic E-state index is -5.84. The molecule has 0 amide bonds. The molecular formula is C22H39F6MoNO8S2. The van der Waals surface area contributed by atoms with Crippen molar-refractivity contribution in [3.8, 4) is 0 Å². The number of methoxy groups -OCH3 is 2. The molecule has 9 nitrogen and oxygen atoms in total. The van der Waals surface area contributed by atoms with Gasteiger partial charge in [0.2, 0.25) is 0 Å². The Kier molecular flexibility index (Phi) is 25.8. The molecule has 0 atom stereocenters. The molecule has 0 spiro atoms. The summed E-state index contributed by atoms with van der Waals surface area (Å²) in [7, 11) is -8.38. The van der Waals surface area contributed by atoms with E-state index < -0.39 is 31.3 Å². The van der Waals surface area contributed by atoms with Crippen LogP contribution in [0.1, 0.15) is 53.5 Å². The van der Waals surface area contributed by atoms with E-state index in [1.54, 1.807) is 14.2 Å². The number of rotatable bonds is 3. The largest absolute Gasteiger partial charge is 0.522 e. The number of nitrogens with zero attached hydrogens (tertiary/aromatic N) is 1. The summed E-state index contributed by atoms with van der Waals surface area (Å²) in [6.45, 7) is 14.0. The average Bonchev–Trinajstić information content (AvgIpc) is 2.82. The van der Waals surface area contributed by atoms with Gasteiger partial charge in [-0.2, -0.15) is 43.2 Å². The number of ether oxygens (including phenoxy) is 2. The van der Waals surface area contributed by atoms with Crippen molar-refractivity contribution in [3.63, 3.8) is 0 Å². The summed E-state index contributed by atoms with van der Waals surface area (Å²) >= 11 is -0.284. The third-order valence-corrected chi connectivity index (χ3v) is 7.37. The minimum absolute atomic E-state index is 0.284. The zero-order valence-electron chi connectivity index (χ0n) is 23.5. The Balaban J connectivity index is -0.000000219. The van der Waals surface area contributed by atoms with E-state index in [2.05, 4.69) is 52.0 Å². The van der Waals surface area contributed by atoms with Gasteiger partial charge < -0.3 is 9.47 Å². The van der Waals surface area contributed by atoms with Crippen LogP contribution in [0.3, 0.4) is 0 Å². The molecule has 0 unspecified atom stereocenters. The molecule has 2 N–H and O–H groups in total. The third-order valence-electron chi connectivity index (χ3n) is 3.63. The number of fused-ring (bicyclic) bond motifs is 1. The van der Waals surface area contributed by atoms with Gasteiger partial charge in [0.05, 0.1) is 13.2 Å². The summed E-state index contributed by atoms with van der Waals surface area (Å²) in [4.78, 5) is 0. The first-order chi connectivity index (χ1) is 18.1. The summed E-state index contributed by atoms with van der Waals surface area (Å²) < 4.78 is 132. The summed E-state index contributed by atoms with van der Waals surface area (Å²) in [5.74, 6) is 0. The van der Waals surface area contributed by atoms with Gasteiger partial charge in [-0.15, -0.1) is 0 Å². The molecule has 0 bridgehead atoms. The molecule has 240 valence electrons. The van der Waals surface area contributed by atoms with Gasteiger partial charge in [0, 0.05) is 14.2 Å². The number of alkyl halides is 6. The first-order valence-corrected chi connectivity index (χ1v) is 16.4. The Hall–Kier alpha value is -1.10. The molecule has 0 saturated carbocycles. The number of aryl methyl sites for hydroxylation is 1. The van der Waals surface area contributed by atoms with Crippen molar-refractivity contribution >= 4 is 30.3 Å². The fraction of sp³-hybridized carbons (Fsp3) is 0.682. The molecule has 1 aliphatic heterocycles. The summed E-state index contributed by atoms with van der Waals surface area (Å²) in [5.41, 5.74) is -8.01. The van der Waals surface area contributed by atoms with E-state index in [0.717, 1.165) is 6.42 Å². The predicted octanol–water partition coefficient (Wildman–Crippen LogP) is 6.48. The van der Waals surface area contributed by atoms with Crippen molar-refractivity contribution in [1.29, 1.82) is 0 Å². The van der Waals surface area contributed by atoms with Crippen LogP contribution in [0.15, 0.2) is 27.8 Å². The molecule has 1 aliphatic rings. The normalized spacial score (nSPS) is 13.9. The van der Waals surface area contributed by atoms with Gasteiger partial charge in [-0.3, -0.25) is 9.11 Å². The summed E-state index contributed by atoms with van der Waals surface area (Å²) in [6, 6.07) is 8.56. The quantitative estimate of drug-likeness (QED) is 0.119. The van der Waals surface area contributed by atoms with Crippen molar-refractivity contribution in [2.24, 2.45) is 8.91 Å². The Labute approximate surface area is 241 Å². The van der Waals surface area contributed by atoms with E-state index in [1.165, 1.54) is 17.7 Å². The zero-order valence-corrected chi connectivity index (χ0v) is 27.1. The number of halogens is 6. The average molecular weight is 720 g/mol. The molecule has 1 aromatic rings. The molecule has 0 aliphatic carbocycles. The van der Waals surface area contributed by atoms with Crippen molar-refractivity contribution in [3.05, 3.63) is 29.8 Å². The van der Waals surface area contributed by atoms with Gasteiger partial charge >= 0.3 is 125 Å². The van der Waals surface area contributed by atoms with Gasteiger partial charge in [-0.1, -0.05) is 27.7 Å². The van der Waals surface area contributed by atoms with E-state index in [1.807, 2.05) is 27.7 Å². The molecule has 0 aromatic heterocycles. The smallest absolute Gasteiger partial charge is 0.382 e. The van der Waals surface area contributed by atoms with Crippen LogP contribution in [-0.4, -0.2) is 68.8 Å². The second kappa shape index (κ2) is 22.5. The van der Waals surface area contributed by atoms with E-state index in [9.17, 15) is 26.3 Å². The first kappa shape index (κ1) is 45.9. The molecule has 18 heteroatoms. The van der Waals surface area contributed by atoms with Gasteiger partial charge in [0.1, 0.15) is 0 Å². The van der Waals surface area contributed by atoms with E-state index >= 15 is 0 Å². The maximum Gasteiger partial charge on any atom is 0.522 e. The third kappa shape index (κ3) is 24.7. The molecule has 0 saturated heterocycles. The molecule has 1 aromatic carbocycles. The first-order valence-electron chi connectivity index (χ1n) is 11.4. The van der Waals surface area contributed by atoms with Gasteiger partial charge in [-0.05, 0) is 0 Å². The van der Waals surface area contributed by atoms with Crippen LogP contribution in [0.25, 0.3) is 0 Å². The Morgan fingerprint density at radius 2 is 1.20 bits per heavy atom. The second-order valence-electron chi connectivity index (χ2n) is 7.26. The molecule has 40 heavy (non-hydrogen) atoms. The Bertz CT molecular complexity index is 1030. The van der Waals surface area contributed by atoms with E-state index in [0.29, 0.717) is 18.6 Å². The Morgan fingerprint density at radius 1 is 0.850 bits per heavy atom. The topological polar surface area (TPSA) is 140 Å². The van der Waals surface area contributed by atoms with Crippen LogP contribution in [0.4, 0.5) is 32.0 Å². The fourth-order valence-electron chi connectivity index (χ4n) is 1.72. The summed E-state index contributed by atoms with van der Waals surface area (Å²) in [5, 5.41) is 0. The number of hydrogen-bond donors (Lipinski definition) is 2. The maximum absolute atomic E-state index is 10.7. The predicted molar refractivity (Wildman–Crippen MR) is 138 cm³/mol. The SMILES string of the molecule is CC.CC.CC1(C)[CH]=[Mo]=[N]c2ccccc2CC1.COCCOC.O=S(=O)(O)C(F)(F)F.O=S(=O)(O)C(F)(F)F. The fourth-order valence-corrected chi connectivity index (χ4v) is 3.56. The monoisotopic (exact) mass is 721 g/mol. The number of benzene rings is 1. The van der Waals surface area contributed by atoms with E-state index in [-0.39, 0.29) is 17.9 Å². The van der Waals surface area contributed by atoms with Crippen LogP contribution in [0.2, 0.25) is 0 Å². The van der Waals surface area contributed by atoms with Crippen molar-refractivity contribution in [2.45, 2.75) is 65.4 Å². The van der Waals surface area contributed by atoms with Crippen LogP contribution < -0.4 is 0 Å². The van der Waals surface area contributed by atoms with Crippen molar-refractivity contribution in [1.82, 2.24) is 0 Å². The van der Waals surface area contributed by atoms with Gasteiger partial charge in [0.15, 0.2) is 0 Å². The molecular weight excluding hydrogens is 680 g/mol. The van der Waals surface area contributed by atoms with Crippen LogP contribution >= 0.6 is 0 Å². The van der Waals surface area contributed by atoms with Gasteiger partial charge in [-0.25, -0.2) is 0 Å². The standard InChI is InChI=1S/C12H15N.C4H10O2.2C2H6.2CHF3O3S.Mo/c1-12(2,3)9-8-10-6-4-5-7-11(10)13;1-5-3-4-6-2;2*1-2;2*2-1(3,4)8(5,6)7;/h1,4-7H,8-9H2,2-3H3;3-4H2,1-2H3;2*1-2H3;2*(H,5,6,7);. The minimum Gasteiger partial charge on any atom is -0.382 e. The number of hydrogen-bond acceptors (Lipinski definition) is 7. The van der Waals surface area contributed by atoms with Crippen molar-refractivity contribution < 1.29 is 79.7 Å².